The fourth-order valence-corrected chi connectivity index (χ4v) is 1.76. The molecule has 0 amide bonds. The van der Waals surface area contributed by atoms with E-state index in [0.29, 0.717) is 0 Å². The normalized spacial score (nSPS) is 10.0. The van der Waals surface area contributed by atoms with Crippen molar-refractivity contribution in [2.24, 2.45) is 0 Å². The Morgan fingerprint density at radius 3 is 2.60 bits per heavy atom. The van der Waals surface area contributed by atoms with Crippen LogP contribution in [0.5, 0.6) is 0 Å². The van der Waals surface area contributed by atoms with Crippen molar-refractivity contribution in [3.05, 3.63) is 25.5 Å². The first-order valence-electron chi connectivity index (χ1n) is 2.90. The summed E-state index contributed by atoms with van der Waals surface area (Å²) in [7, 11) is 0. The number of halogens is 2. The third-order valence-corrected chi connectivity index (χ3v) is 3.82. The molecule has 10 heavy (non-hydrogen) atoms. The van der Waals surface area contributed by atoms with E-state index < -0.39 is 0 Å². The van der Waals surface area contributed by atoms with Gasteiger partial charge in [-0.15, -0.1) is 0 Å². The largest absolute Gasteiger partial charge is 0.249 e. The van der Waals surface area contributed by atoms with Crippen LogP contribution in [0.15, 0.2) is 10.8 Å². The lowest BCUT2D eigenvalue weighted by molar-refractivity contribution is 1.16. The minimum absolute atomic E-state index is 0.947. The number of aromatic nitrogens is 1. The van der Waals surface area contributed by atoms with E-state index in [0.717, 1.165) is 4.60 Å². The lowest BCUT2D eigenvalue weighted by atomic mass is 10.2. The Labute approximate surface area is 82.5 Å². The van der Waals surface area contributed by atoms with Crippen LogP contribution in [0.1, 0.15) is 11.1 Å². The van der Waals surface area contributed by atoms with Crippen molar-refractivity contribution in [1.82, 2.24) is 4.98 Å². The number of hydrogen-bond donors (Lipinski definition) is 0. The standard InChI is InChI=1S/C7H7BrIN/c1-4-3-10-7(8)5(2)6(4)9/h3H,1-2H3. The van der Waals surface area contributed by atoms with Crippen LogP contribution in [-0.2, 0) is 0 Å². The molecule has 0 aliphatic heterocycles. The third-order valence-electron chi connectivity index (χ3n) is 1.36. The summed E-state index contributed by atoms with van der Waals surface area (Å²) >= 11 is 5.69. The van der Waals surface area contributed by atoms with Crippen LogP contribution in [0.2, 0.25) is 0 Å². The van der Waals surface area contributed by atoms with Crippen molar-refractivity contribution in [3.8, 4) is 0 Å². The zero-order valence-electron chi connectivity index (χ0n) is 5.78. The van der Waals surface area contributed by atoms with Gasteiger partial charge in [-0.25, -0.2) is 4.98 Å². The maximum atomic E-state index is 4.15. The molecule has 0 N–H and O–H groups in total. The highest BCUT2D eigenvalue weighted by Crippen LogP contribution is 2.21. The van der Waals surface area contributed by atoms with Crippen LogP contribution >= 0.6 is 38.5 Å². The lowest BCUT2D eigenvalue weighted by Crippen LogP contribution is -1.89. The minimum atomic E-state index is 0.947. The molecule has 0 atom stereocenters. The van der Waals surface area contributed by atoms with Crippen molar-refractivity contribution < 1.29 is 0 Å². The summed E-state index contributed by atoms with van der Waals surface area (Å²) in [4.78, 5) is 4.15. The van der Waals surface area contributed by atoms with Gasteiger partial charge in [0, 0.05) is 9.77 Å². The van der Waals surface area contributed by atoms with E-state index in [9.17, 15) is 0 Å². The molecule has 0 aliphatic rings. The zero-order valence-corrected chi connectivity index (χ0v) is 9.52. The van der Waals surface area contributed by atoms with Gasteiger partial charge in [-0.2, -0.15) is 0 Å². The Kier molecular flexibility index (Phi) is 2.68. The predicted molar refractivity (Wildman–Crippen MR) is 54.1 cm³/mol. The Morgan fingerprint density at radius 1 is 1.50 bits per heavy atom. The van der Waals surface area contributed by atoms with Crippen LogP contribution in [0.25, 0.3) is 0 Å². The monoisotopic (exact) mass is 311 g/mol. The number of pyridine rings is 1. The predicted octanol–water partition coefficient (Wildman–Crippen LogP) is 3.07. The molecule has 54 valence electrons. The van der Waals surface area contributed by atoms with E-state index in [-0.39, 0.29) is 0 Å². The Balaban J connectivity index is 3.34. The molecule has 1 aromatic rings. The number of rotatable bonds is 0. The number of aryl methyl sites for hydroxylation is 1. The molecule has 0 radical (unpaired) electrons. The van der Waals surface area contributed by atoms with Gasteiger partial charge in [-0.05, 0) is 63.5 Å². The molecule has 0 bridgehead atoms. The van der Waals surface area contributed by atoms with Crippen LogP contribution in [0.3, 0.4) is 0 Å². The van der Waals surface area contributed by atoms with E-state index >= 15 is 0 Å². The Morgan fingerprint density at radius 2 is 2.10 bits per heavy atom. The van der Waals surface area contributed by atoms with Crippen molar-refractivity contribution in [3.63, 3.8) is 0 Å². The molecule has 0 aliphatic carbocycles. The van der Waals surface area contributed by atoms with Gasteiger partial charge >= 0.3 is 0 Å². The zero-order chi connectivity index (χ0) is 7.72. The minimum Gasteiger partial charge on any atom is -0.249 e. The first kappa shape index (κ1) is 8.46. The second kappa shape index (κ2) is 3.17. The van der Waals surface area contributed by atoms with Crippen LogP contribution < -0.4 is 0 Å². The van der Waals surface area contributed by atoms with E-state index in [1.165, 1.54) is 14.7 Å². The topological polar surface area (TPSA) is 12.9 Å². The summed E-state index contributed by atoms with van der Waals surface area (Å²) in [5.74, 6) is 0. The van der Waals surface area contributed by atoms with Gasteiger partial charge in [0.05, 0.1) is 0 Å². The second-order valence-corrected chi connectivity index (χ2v) is 4.00. The maximum absolute atomic E-state index is 4.15. The van der Waals surface area contributed by atoms with Gasteiger partial charge in [-0.3, -0.25) is 0 Å². The van der Waals surface area contributed by atoms with Crippen molar-refractivity contribution >= 4 is 38.5 Å². The summed E-state index contributed by atoms with van der Waals surface area (Å²) < 4.78 is 2.24. The summed E-state index contributed by atoms with van der Waals surface area (Å²) in [6.45, 7) is 4.13. The molecule has 1 rings (SSSR count). The lowest BCUT2D eigenvalue weighted by Gasteiger charge is -2.02. The van der Waals surface area contributed by atoms with Gasteiger partial charge in [0.25, 0.3) is 0 Å². The summed E-state index contributed by atoms with van der Waals surface area (Å²) in [6.07, 6.45) is 1.87. The molecule has 3 heteroatoms. The highest BCUT2D eigenvalue weighted by atomic mass is 127. The molecule has 0 saturated carbocycles. The molecular formula is C7H7BrIN. The van der Waals surface area contributed by atoms with Crippen molar-refractivity contribution in [2.45, 2.75) is 13.8 Å². The molecule has 0 aromatic carbocycles. The van der Waals surface area contributed by atoms with Gasteiger partial charge < -0.3 is 0 Å². The first-order chi connectivity index (χ1) is 4.63. The SMILES string of the molecule is Cc1cnc(Br)c(C)c1I. The van der Waals surface area contributed by atoms with Gasteiger partial charge in [0.2, 0.25) is 0 Å². The summed E-state index contributed by atoms with van der Waals surface area (Å²) in [5.41, 5.74) is 2.46. The first-order valence-corrected chi connectivity index (χ1v) is 4.77. The molecule has 0 spiro atoms. The highest BCUT2D eigenvalue weighted by Gasteiger charge is 2.02. The smallest absolute Gasteiger partial charge is 0.110 e. The number of nitrogens with zero attached hydrogens (tertiary/aromatic N) is 1. The highest BCUT2D eigenvalue weighted by molar-refractivity contribution is 14.1. The van der Waals surface area contributed by atoms with Gasteiger partial charge in [-0.1, -0.05) is 0 Å². The Bertz CT molecular complexity index is 233. The molecule has 0 fully saturated rings. The van der Waals surface area contributed by atoms with Crippen molar-refractivity contribution in [1.29, 1.82) is 0 Å². The second-order valence-electron chi connectivity index (χ2n) is 2.17. The maximum Gasteiger partial charge on any atom is 0.110 e. The summed E-state index contributed by atoms with van der Waals surface area (Å²) in [5, 5.41) is 0. The van der Waals surface area contributed by atoms with Gasteiger partial charge in [0.1, 0.15) is 4.60 Å². The Hall–Kier alpha value is 0.360. The van der Waals surface area contributed by atoms with Crippen LogP contribution in [0, 0.1) is 17.4 Å². The average Bonchev–Trinajstić information content (AvgIpc) is 1.93. The van der Waals surface area contributed by atoms with Crippen LogP contribution in [-0.4, -0.2) is 4.98 Å². The molecule has 1 aromatic heterocycles. The van der Waals surface area contributed by atoms with Crippen LogP contribution in [0.4, 0.5) is 0 Å². The van der Waals surface area contributed by atoms with E-state index in [2.05, 4.69) is 57.4 Å². The van der Waals surface area contributed by atoms with Gasteiger partial charge in [0.15, 0.2) is 0 Å². The summed E-state index contributed by atoms with van der Waals surface area (Å²) in [6, 6.07) is 0. The van der Waals surface area contributed by atoms with Crippen molar-refractivity contribution in [2.75, 3.05) is 0 Å². The third kappa shape index (κ3) is 1.50. The molecule has 0 unspecified atom stereocenters. The van der Waals surface area contributed by atoms with E-state index in [1.807, 2.05) is 6.20 Å². The quantitative estimate of drug-likeness (QED) is 0.530. The fraction of sp³-hybridized carbons (Fsp3) is 0.286. The van der Waals surface area contributed by atoms with E-state index in [1.54, 1.807) is 0 Å². The molecule has 1 heterocycles. The molecule has 0 saturated heterocycles. The average molecular weight is 312 g/mol. The molecule has 1 nitrogen and oxygen atoms in total. The number of hydrogen-bond acceptors (Lipinski definition) is 1. The van der Waals surface area contributed by atoms with E-state index in [4.69, 9.17) is 0 Å². The molecular weight excluding hydrogens is 305 g/mol. The fourth-order valence-electron chi connectivity index (χ4n) is 0.693.